The van der Waals surface area contributed by atoms with Gasteiger partial charge in [-0.2, -0.15) is 9.97 Å². The van der Waals surface area contributed by atoms with E-state index in [0.717, 1.165) is 66.0 Å². The van der Waals surface area contributed by atoms with Gasteiger partial charge in [-0.15, -0.1) is 0 Å². The molecule has 63 heavy (non-hydrogen) atoms. The van der Waals surface area contributed by atoms with E-state index < -0.39 is 5.41 Å². The molecule has 0 bridgehead atoms. The van der Waals surface area contributed by atoms with E-state index in [4.69, 9.17) is 19.4 Å². The van der Waals surface area contributed by atoms with Crippen molar-refractivity contribution < 1.29 is 4.42 Å². The lowest BCUT2D eigenvalue weighted by molar-refractivity contribution is 0.669. The Balaban J connectivity index is 1.12. The van der Waals surface area contributed by atoms with Gasteiger partial charge >= 0.3 is 0 Å². The standard InChI is InChI=1S/C58H34N4O/c1-5-19-37(20-6-1)45-33-39(34-53-54(45)44-29-15-18-32-52(44)63-53)56-59-55(38-21-7-2-8-22-38)60-57(61-56)62-50-31-17-14-28-43(50)47-35-46-42-27-13-16-30-48(42)58(49(46)36-51(47)62,40-23-9-3-10-24-40)41-25-11-4-12-26-41/h1-7,9-21,23-36H. The van der Waals surface area contributed by atoms with Crippen molar-refractivity contribution in [3.05, 3.63) is 246 Å². The molecular weight excluding hydrogens is 769 g/mol. The van der Waals surface area contributed by atoms with Crippen LogP contribution in [0.3, 0.4) is 0 Å². The summed E-state index contributed by atoms with van der Waals surface area (Å²) >= 11 is 0. The molecule has 0 aliphatic heterocycles. The Morgan fingerprint density at radius 2 is 1.16 bits per heavy atom. The molecule has 0 atom stereocenters. The molecule has 0 saturated carbocycles. The number of benzene rings is 8. The molecule has 2 aliphatic rings. The maximum atomic E-state index is 6.58. The van der Waals surface area contributed by atoms with Gasteiger partial charge in [0.15, 0.2) is 11.6 Å². The van der Waals surface area contributed by atoms with Gasteiger partial charge in [0.25, 0.3) is 0 Å². The highest BCUT2D eigenvalue weighted by molar-refractivity contribution is 6.14. The van der Waals surface area contributed by atoms with Gasteiger partial charge in [0.05, 0.1) is 22.0 Å². The average Bonchev–Trinajstić information content (AvgIpc) is 4.00. The van der Waals surface area contributed by atoms with Crippen LogP contribution in [0, 0.1) is 0 Å². The highest BCUT2D eigenvalue weighted by Gasteiger charge is 2.46. The lowest BCUT2D eigenvalue weighted by atomic mass is 9.67. The van der Waals surface area contributed by atoms with Crippen LogP contribution in [0.2, 0.25) is 0 Å². The molecule has 2 aliphatic carbocycles. The fourth-order valence-corrected chi connectivity index (χ4v) is 10.1. The summed E-state index contributed by atoms with van der Waals surface area (Å²) in [6, 6.07) is 67.0. The SMILES string of the molecule is C1=C=C(c2nc(-c3cc(-c4ccccc4)c4c(c3)oc3ccccc34)nc(-n3c4ccccc4c4cc5c(cc43)C(c3ccccc3)(c3ccccc3)c3ccccc3-5)n2)C=CC=1. The molecule has 11 aromatic rings. The minimum atomic E-state index is -0.579. The van der Waals surface area contributed by atoms with Gasteiger partial charge in [0.1, 0.15) is 11.2 Å². The number of furan rings is 1. The first-order valence-electron chi connectivity index (χ1n) is 21.2. The largest absolute Gasteiger partial charge is 0.456 e. The fraction of sp³-hybridized carbons (Fsp3) is 0.0172. The van der Waals surface area contributed by atoms with E-state index in [-0.39, 0.29) is 0 Å². The van der Waals surface area contributed by atoms with Crippen LogP contribution in [-0.4, -0.2) is 19.5 Å². The van der Waals surface area contributed by atoms with Gasteiger partial charge < -0.3 is 4.42 Å². The lowest BCUT2D eigenvalue weighted by Gasteiger charge is -2.34. The smallest absolute Gasteiger partial charge is 0.238 e. The van der Waals surface area contributed by atoms with Crippen LogP contribution >= 0.6 is 0 Å². The quantitative estimate of drug-likeness (QED) is 0.157. The summed E-state index contributed by atoms with van der Waals surface area (Å²) in [5.74, 6) is 1.53. The minimum Gasteiger partial charge on any atom is -0.456 e. The molecule has 8 aromatic carbocycles. The molecule has 3 aromatic heterocycles. The Morgan fingerprint density at radius 1 is 0.476 bits per heavy atom. The second kappa shape index (κ2) is 13.7. The first kappa shape index (κ1) is 35.2. The summed E-state index contributed by atoms with van der Waals surface area (Å²) < 4.78 is 8.80. The van der Waals surface area contributed by atoms with E-state index in [2.05, 4.69) is 186 Å². The fourth-order valence-electron chi connectivity index (χ4n) is 10.1. The van der Waals surface area contributed by atoms with Crippen LogP contribution in [0.5, 0.6) is 0 Å². The normalized spacial score (nSPS) is 13.6. The topological polar surface area (TPSA) is 56.7 Å². The summed E-state index contributed by atoms with van der Waals surface area (Å²) in [5, 5.41) is 4.35. The molecule has 0 amide bonds. The molecule has 5 nitrogen and oxygen atoms in total. The second-order valence-electron chi connectivity index (χ2n) is 16.1. The molecule has 5 heteroatoms. The van der Waals surface area contributed by atoms with Gasteiger partial charge in [-0.3, -0.25) is 4.57 Å². The van der Waals surface area contributed by atoms with E-state index in [1.807, 2.05) is 36.4 Å². The molecule has 13 rings (SSSR count). The molecule has 292 valence electrons. The second-order valence-corrected chi connectivity index (χ2v) is 16.1. The number of allylic oxidation sites excluding steroid dienone is 4. The van der Waals surface area contributed by atoms with Gasteiger partial charge in [0.2, 0.25) is 5.95 Å². The highest BCUT2D eigenvalue weighted by atomic mass is 16.3. The zero-order valence-corrected chi connectivity index (χ0v) is 33.8. The first-order chi connectivity index (χ1) is 31.2. The number of rotatable bonds is 6. The van der Waals surface area contributed by atoms with E-state index >= 15 is 0 Å². The molecule has 0 unspecified atom stereocenters. The van der Waals surface area contributed by atoms with Gasteiger partial charge in [-0.05, 0) is 93.1 Å². The zero-order valence-electron chi connectivity index (χ0n) is 33.8. The summed E-state index contributed by atoms with van der Waals surface area (Å²) in [4.78, 5) is 15.9. The third-order valence-electron chi connectivity index (χ3n) is 12.8. The minimum absolute atomic E-state index is 0.500. The Labute approximate surface area is 362 Å². The summed E-state index contributed by atoms with van der Waals surface area (Å²) in [6.45, 7) is 0. The Hall–Kier alpha value is -8.59. The van der Waals surface area contributed by atoms with Crippen LogP contribution < -0.4 is 0 Å². The number of hydrogen-bond donors (Lipinski definition) is 0. The zero-order chi connectivity index (χ0) is 41.5. The van der Waals surface area contributed by atoms with Crippen LogP contribution in [0.4, 0.5) is 0 Å². The third-order valence-corrected chi connectivity index (χ3v) is 12.8. The maximum absolute atomic E-state index is 6.58. The van der Waals surface area contributed by atoms with Crippen LogP contribution in [0.25, 0.3) is 88.9 Å². The van der Waals surface area contributed by atoms with Gasteiger partial charge in [-0.1, -0.05) is 169 Å². The van der Waals surface area contributed by atoms with Crippen molar-refractivity contribution in [2.45, 2.75) is 5.41 Å². The van der Waals surface area contributed by atoms with Crippen LogP contribution in [-0.2, 0) is 5.41 Å². The monoisotopic (exact) mass is 802 g/mol. The first-order valence-corrected chi connectivity index (χ1v) is 21.2. The van der Waals surface area contributed by atoms with Crippen molar-refractivity contribution in [3.8, 4) is 39.6 Å². The summed E-state index contributed by atoms with van der Waals surface area (Å²) in [5.41, 5.74) is 20.4. The molecule has 0 fully saturated rings. The van der Waals surface area contributed by atoms with Crippen molar-refractivity contribution in [1.29, 1.82) is 0 Å². The third kappa shape index (κ3) is 5.22. The maximum Gasteiger partial charge on any atom is 0.238 e. The summed E-state index contributed by atoms with van der Waals surface area (Å²) in [6.07, 6.45) is 5.75. The molecule has 0 N–H and O–H groups in total. The predicted molar refractivity (Wildman–Crippen MR) is 254 cm³/mol. The van der Waals surface area contributed by atoms with Crippen molar-refractivity contribution in [2.75, 3.05) is 0 Å². The molecule has 3 heterocycles. The Bertz CT molecular complexity index is 3770. The van der Waals surface area contributed by atoms with Gasteiger partial charge in [-0.25, -0.2) is 4.98 Å². The average molecular weight is 803 g/mol. The number of fused-ring (bicyclic) bond motifs is 9. The van der Waals surface area contributed by atoms with E-state index in [0.29, 0.717) is 17.6 Å². The Kier molecular flexibility index (Phi) is 7.66. The van der Waals surface area contributed by atoms with E-state index in [1.54, 1.807) is 0 Å². The van der Waals surface area contributed by atoms with Crippen molar-refractivity contribution in [2.24, 2.45) is 0 Å². The van der Waals surface area contributed by atoms with Crippen molar-refractivity contribution >= 4 is 49.3 Å². The van der Waals surface area contributed by atoms with E-state index in [1.165, 1.54) is 33.4 Å². The lowest BCUT2D eigenvalue weighted by Crippen LogP contribution is -2.28. The molecule has 0 radical (unpaired) electrons. The molecular formula is C58H34N4O. The number of nitrogens with zero attached hydrogens (tertiary/aromatic N) is 4. The number of aromatic nitrogens is 4. The van der Waals surface area contributed by atoms with Crippen LogP contribution in [0.15, 0.2) is 222 Å². The van der Waals surface area contributed by atoms with Crippen molar-refractivity contribution in [3.63, 3.8) is 0 Å². The molecule has 0 saturated heterocycles. The van der Waals surface area contributed by atoms with E-state index in [9.17, 15) is 0 Å². The van der Waals surface area contributed by atoms with Gasteiger partial charge in [0, 0.05) is 27.1 Å². The Morgan fingerprint density at radius 3 is 1.94 bits per heavy atom. The number of hydrogen-bond acceptors (Lipinski definition) is 4. The molecule has 0 spiro atoms. The number of para-hydroxylation sites is 2. The summed E-state index contributed by atoms with van der Waals surface area (Å²) in [7, 11) is 0. The highest BCUT2D eigenvalue weighted by Crippen LogP contribution is 2.57. The predicted octanol–water partition coefficient (Wildman–Crippen LogP) is 13.8. The van der Waals surface area contributed by atoms with Crippen LogP contribution in [0.1, 0.15) is 28.1 Å². The van der Waals surface area contributed by atoms with Crippen molar-refractivity contribution in [1.82, 2.24) is 19.5 Å².